The third-order valence-corrected chi connectivity index (χ3v) is 1.94. The third kappa shape index (κ3) is 4.31. The molecule has 0 aromatic heterocycles. The van der Waals surface area contributed by atoms with Gasteiger partial charge in [-0.05, 0) is 24.8 Å². The predicted octanol–water partition coefficient (Wildman–Crippen LogP) is 2.36. The summed E-state index contributed by atoms with van der Waals surface area (Å²) in [4.78, 5) is 10.1. The SMILES string of the molecule is [O]C(=O)CCCCc1ccccc1. The minimum absolute atomic E-state index is 0.173. The maximum atomic E-state index is 10.1. The number of aryl methyl sites for hydroxylation is 1. The van der Waals surface area contributed by atoms with Crippen LogP contribution in [0.3, 0.4) is 0 Å². The van der Waals surface area contributed by atoms with Gasteiger partial charge in [-0.2, -0.15) is 0 Å². The molecule has 0 aliphatic rings. The molecule has 1 radical (unpaired) electrons. The van der Waals surface area contributed by atoms with Crippen LogP contribution in [0.2, 0.25) is 0 Å². The zero-order chi connectivity index (χ0) is 9.52. The molecule has 0 saturated carbocycles. The highest BCUT2D eigenvalue weighted by Crippen LogP contribution is 2.05. The van der Waals surface area contributed by atoms with Crippen molar-refractivity contribution in [3.05, 3.63) is 35.9 Å². The Hall–Kier alpha value is -1.31. The average molecular weight is 177 g/mol. The van der Waals surface area contributed by atoms with Gasteiger partial charge in [0, 0.05) is 0 Å². The van der Waals surface area contributed by atoms with Gasteiger partial charge in [-0.1, -0.05) is 30.3 Å². The van der Waals surface area contributed by atoms with E-state index in [1.807, 2.05) is 18.2 Å². The number of benzene rings is 1. The van der Waals surface area contributed by atoms with Crippen LogP contribution < -0.4 is 0 Å². The molecule has 0 saturated heterocycles. The van der Waals surface area contributed by atoms with E-state index in [2.05, 4.69) is 12.1 Å². The van der Waals surface area contributed by atoms with E-state index in [4.69, 9.17) is 0 Å². The molecule has 0 spiro atoms. The lowest BCUT2D eigenvalue weighted by molar-refractivity contribution is -0.143. The van der Waals surface area contributed by atoms with E-state index in [0.29, 0.717) is 6.42 Å². The molecule has 0 bridgehead atoms. The fraction of sp³-hybridized carbons (Fsp3) is 0.364. The first-order valence-corrected chi connectivity index (χ1v) is 4.53. The Morgan fingerprint density at radius 3 is 2.38 bits per heavy atom. The van der Waals surface area contributed by atoms with E-state index >= 15 is 0 Å². The number of hydrogen-bond acceptors (Lipinski definition) is 1. The van der Waals surface area contributed by atoms with Crippen molar-refractivity contribution in [2.75, 3.05) is 0 Å². The molecular formula is C11H13O2. The number of carbonyl (C=O) groups excluding carboxylic acids is 1. The van der Waals surface area contributed by atoms with Crippen molar-refractivity contribution >= 4 is 5.97 Å². The molecule has 0 atom stereocenters. The highest BCUT2D eigenvalue weighted by atomic mass is 16.4. The van der Waals surface area contributed by atoms with Crippen LogP contribution in [0.4, 0.5) is 0 Å². The first-order chi connectivity index (χ1) is 6.29. The largest absolute Gasteiger partial charge is 0.355 e. The topological polar surface area (TPSA) is 37.0 Å². The van der Waals surface area contributed by atoms with Crippen molar-refractivity contribution in [2.45, 2.75) is 25.7 Å². The van der Waals surface area contributed by atoms with E-state index in [9.17, 15) is 9.90 Å². The van der Waals surface area contributed by atoms with Gasteiger partial charge < -0.3 is 0 Å². The molecule has 1 aromatic carbocycles. The molecule has 0 fully saturated rings. The molecule has 0 unspecified atom stereocenters. The van der Waals surface area contributed by atoms with Crippen molar-refractivity contribution in [1.29, 1.82) is 0 Å². The standard InChI is InChI=1S/C11H13O2/c12-11(13)9-5-4-8-10-6-2-1-3-7-10/h1-3,6-7H,4-5,8-9H2. The summed E-state index contributed by atoms with van der Waals surface area (Å²) < 4.78 is 0. The summed E-state index contributed by atoms with van der Waals surface area (Å²) in [6, 6.07) is 10.1. The van der Waals surface area contributed by atoms with Crippen LogP contribution in [0.25, 0.3) is 0 Å². The summed E-state index contributed by atoms with van der Waals surface area (Å²) in [7, 11) is 0. The maximum Gasteiger partial charge on any atom is 0.355 e. The van der Waals surface area contributed by atoms with Gasteiger partial charge in [0.2, 0.25) is 0 Å². The van der Waals surface area contributed by atoms with Crippen LogP contribution in [-0.2, 0) is 16.3 Å². The molecule has 13 heavy (non-hydrogen) atoms. The molecular weight excluding hydrogens is 164 g/mol. The second-order valence-corrected chi connectivity index (χ2v) is 3.06. The Morgan fingerprint density at radius 2 is 1.77 bits per heavy atom. The Bertz CT molecular complexity index is 254. The van der Waals surface area contributed by atoms with Gasteiger partial charge in [-0.15, -0.1) is 0 Å². The lowest BCUT2D eigenvalue weighted by Gasteiger charge is -1.98. The van der Waals surface area contributed by atoms with Crippen molar-refractivity contribution < 1.29 is 9.90 Å². The van der Waals surface area contributed by atoms with Crippen LogP contribution in [-0.4, -0.2) is 5.97 Å². The molecule has 0 aliphatic carbocycles. The van der Waals surface area contributed by atoms with Crippen LogP contribution in [0.15, 0.2) is 30.3 Å². The average Bonchev–Trinajstić information content (AvgIpc) is 2.14. The van der Waals surface area contributed by atoms with Crippen molar-refractivity contribution in [3.8, 4) is 0 Å². The van der Waals surface area contributed by atoms with E-state index in [1.165, 1.54) is 5.56 Å². The van der Waals surface area contributed by atoms with Crippen LogP contribution in [0.5, 0.6) is 0 Å². The summed E-state index contributed by atoms with van der Waals surface area (Å²) >= 11 is 0. The van der Waals surface area contributed by atoms with Gasteiger partial charge in [0.05, 0.1) is 6.42 Å². The van der Waals surface area contributed by atoms with E-state index in [0.717, 1.165) is 12.8 Å². The highest BCUT2D eigenvalue weighted by Gasteiger charge is 1.98. The van der Waals surface area contributed by atoms with Crippen LogP contribution >= 0.6 is 0 Å². The second kappa shape index (κ2) is 5.36. The van der Waals surface area contributed by atoms with Gasteiger partial charge >= 0.3 is 5.97 Å². The first-order valence-electron chi connectivity index (χ1n) is 4.53. The Balaban J connectivity index is 2.17. The third-order valence-electron chi connectivity index (χ3n) is 1.94. The Morgan fingerprint density at radius 1 is 1.08 bits per heavy atom. The van der Waals surface area contributed by atoms with Gasteiger partial charge in [0.1, 0.15) is 0 Å². The van der Waals surface area contributed by atoms with E-state index in [1.54, 1.807) is 0 Å². The van der Waals surface area contributed by atoms with Gasteiger partial charge in [0.25, 0.3) is 0 Å². The Kier molecular flexibility index (Phi) is 4.03. The summed E-state index contributed by atoms with van der Waals surface area (Å²) in [6.45, 7) is 0. The molecule has 0 N–H and O–H groups in total. The molecule has 0 aliphatic heterocycles. The minimum Gasteiger partial charge on any atom is -0.247 e. The van der Waals surface area contributed by atoms with E-state index < -0.39 is 5.97 Å². The summed E-state index contributed by atoms with van der Waals surface area (Å²) in [5, 5.41) is 10.1. The van der Waals surface area contributed by atoms with Gasteiger partial charge in [0.15, 0.2) is 0 Å². The minimum atomic E-state index is -0.951. The fourth-order valence-corrected chi connectivity index (χ4v) is 1.24. The number of hydrogen-bond donors (Lipinski definition) is 0. The summed E-state index contributed by atoms with van der Waals surface area (Å²) in [6.07, 6.45) is 2.75. The van der Waals surface area contributed by atoms with Gasteiger partial charge in [-0.25, -0.2) is 9.90 Å². The summed E-state index contributed by atoms with van der Waals surface area (Å²) in [5.74, 6) is -0.951. The van der Waals surface area contributed by atoms with E-state index in [-0.39, 0.29) is 6.42 Å². The molecule has 69 valence electrons. The number of rotatable bonds is 5. The molecule has 2 heteroatoms. The van der Waals surface area contributed by atoms with Crippen LogP contribution in [0, 0.1) is 0 Å². The molecule has 1 rings (SSSR count). The lowest BCUT2D eigenvalue weighted by atomic mass is 10.1. The van der Waals surface area contributed by atoms with Crippen molar-refractivity contribution in [2.24, 2.45) is 0 Å². The van der Waals surface area contributed by atoms with Crippen molar-refractivity contribution in [3.63, 3.8) is 0 Å². The fourth-order valence-electron chi connectivity index (χ4n) is 1.24. The molecule has 1 aromatic rings. The monoisotopic (exact) mass is 177 g/mol. The predicted molar refractivity (Wildman–Crippen MR) is 49.7 cm³/mol. The number of carbonyl (C=O) groups is 1. The lowest BCUT2D eigenvalue weighted by Crippen LogP contribution is -1.93. The zero-order valence-corrected chi connectivity index (χ0v) is 7.53. The molecule has 0 heterocycles. The van der Waals surface area contributed by atoms with Crippen molar-refractivity contribution in [1.82, 2.24) is 0 Å². The number of unbranched alkanes of at least 4 members (excludes halogenated alkanes) is 1. The quantitative estimate of drug-likeness (QED) is 0.636. The summed E-state index contributed by atoms with van der Waals surface area (Å²) in [5.41, 5.74) is 1.26. The highest BCUT2D eigenvalue weighted by molar-refractivity contribution is 5.66. The van der Waals surface area contributed by atoms with Crippen LogP contribution in [0.1, 0.15) is 24.8 Å². The van der Waals surface area contributed by atoms with Gasteiger partial charge in [-0.3, -0.25) is 0 Å². The normalized spacial score (nSPS) is 9.85. The Labute approximate surface area is 78.2 Å². The first kappa shape index (κ1) is 9.78. The maximum absolute atomic E-state index is 10.1. The second-order valence-electron chi connectivity index (χ2n) is 3.06. The molecule has 0 amide bonds. The smallest absolute Gasteiger partial charge is 0.247 e. The molecule has 2 nitrogen and oxygen atoms in total. The zero-order valence-electron chi connectivity index (χ0n) is 7.53.